The molecule has 3 aromatic carbocycles. The Kier molecular flexibility index (Phi) is 8.18. The number of fused-ring (bicyclic) bond motifs is 3. The van der Waals surface area contributed by atoms with Crippen LogP contribution in [0.5, 0.6) is 0 Å². The van der Waals surface area contributed by atoms with Crippen LogP contribution < -0.4 is 0 Å². The molecule has 0 N–H and O–H groups in total. The van der Waals surface area contributed by atoms with Crippen LogP contribution in [0.15, 0.2) is 102 Å². The zero-order chi connectivity index (χ0) is 23.2. The number of para-hydroxylation sites is 1. The van der Waals surface area contributed by atoms with Crippen LogP contribution in [0.1, 0.15) is 19.8 Å². The van der Waals surface area contributed by atoms with Crippen molar-refractivity contribution in [3.05, 3.63) is 110 Å². The van der Waals surface area contributed by atoms with Crippen LogP contribution in [0.3, 0.4) is 0 Å². The van der Waals surface area contributed by atoms with Gasteiger partial charge >= 0.3 is 6.01 Å². The SMILES string of the molecule is CCCC[N+]1=C=[N+](c2[c-]c3oc4ccccc4c3cc2)C=C1.[Ir].[c-]1ccccc1-c1ccccn1. The van der Waals surface area contributed by atoms with E-state index in [1.54, 1.807) is 6.20 Å². The molecule has 0 unspecified atom stereocenters. The third kappa shape index (κ3) is 5.72. The smallest absolute Gasteiger partial charge is 0.483 e. The molecule has 5 heteroatoms. The second-order valence-electron chi connectivity index (χ2n) is 7.99. The Balaban J connectivity index is 0.000000189. The Morgan fingerprint density at radius 2 is 1.77 bits per heavy atom. The normalized spacial score (nSPS) is 12.0. The molecule has 0 aliphatic carbocycles. The molecule has 3 heterocycles. The van der Waals surface area contributed by atoms with Crippen LogP contribution >= 0.6 is 0 Å². The Labute approximate surface area is 218 Å². The maximum absolute atomic E-state index is 5.90. The quantitative estimate of drug-likeness (QED) is 0.153. The average Bonchev–Trinajstić information content (AvgIpc) is 3.53. The van der Waals surface area contributed by atoms with Crippen molar-refractivity contribution >= 4 is 33.6 Å². The molecular formula is C30H25IrN3O. The molecule has 5 aromatic rings. The fourth-order valence-electron chi connectivity index (χ4n) is 3.80. The Hall–Kier alpha value is -3.62. The molecule has 175 valence electrons. The first-order chi connectivity index (χ1) is 16.8. The molecule has 0 spiro atoms. The van der Waals surface area contributed by atoms with Gasteiger partial charge in [0, 0.05) is 38.3 Å². The molecule has 1 aliphatic rings. The van der Waals surface area contributed by atoms with Gasteiger partial charge in [-0.15, -0.1) is 35.9 Å². The van der Waals surface area contributed by atoms with E-state index in [1.165, 1.54) is 6.42 Å². The van der Waals surface area contributed by atoms with Gasteiger partial charge in [-0.2, -0.15) is 6.07 Å². The third-order valence-corrected chi connectivity index (χ3v) is 5.58. The fourth-order valence-corrected chi connectivity index (χ4v) is 3.80. The average molecular weight is 636 g/mol. The maximum Gasteiger partial charge on any atom is 0.493 e. The van der Waals surface area contributed by atoms with Gasteiger partial charge in [-0.05, 0) is 23.2 Å². The van der Waals surface area contributed by atoms with E-state index in [9.17, 15) is 0 Å². The monoisotopic (exact) mass is 636 g/mol. The molecule has 4 nitrogen and oxygen atoms in total. The first-order valence-electron chi connectivity index (χ1n) is 11.5. The van der Waals surface area contributed by atoms with Crippen molar-refractivity contribution < 1.29 is 33.7 Å². The number of unbranched alkanes of at least 4 members (excludes halogenated alkanes) is 1. The number of hydrogen-bond donors (Lipinski definition) is 0. The molecule has 0 bridgehead atoms. The molecule has 0 saturated heterocycles. The van der Waals surface area contributed by atoms with E-state index < -0.39 is 0 Å². The minimum Gasteiger partial charge on any atom is -0.483 e. The van der Waals surface area contributed by atoms with Gasteiger partial charge in [0.2, 0.25) is 6.20 Å². The van der Waals surface area contributed by atoms with Crippen LogP contribution in [0.25, 0.3) is 33.2 Å². The molecule has 0 fully saturated rings. The summed E-state index contributed by atoms with van der Waals surface area (Å²) >= 11 is 0. The molecular weight excluding hydrogens is 611 g/mol. The van der Waals surface area contributed by atoms with Gasteiger partial charge in [0.1, 0.15) is 11.3 Å². The summed E-state index contributed by atoms with van der Waals surface area (Å²) in [4.78, 5) is 4.22. The van der Waals surface area contributed by atoms with E-state index in [1.807, 2.05) is 77.6 Å². The predicted octanol–water partition coefficient (Wildman–Crippen LogP) is 7.05. The first-order valence-corrected chi connectivity index (χ1v) is 11.5. The Morgan fingerprint density at radius 3 is 2.57 bits per heavy atom. The largest absolute Gasteiger partial charge is 0.493 e. The van der Waals surface area contributed by atoms with Gasteiger partial charge < -0.3 is 9.40 Å². The van der Waals surface area contributed by atoms with E-state index in [0.717, 1.165) is 51.8 Å². The predicted molar refractivity (Wildman–Crippen MR) is 135 cm³/mol. The zero-order valence-electron chi connectivity index (χ0n) is 19.4. The van der Waals surface area contributed by atoms with Crippen LogP contribution in [-0.2, 0) is 20.1 Å². The van der Waals surface area contributed by atoms with Crippen molar-refractivity contribution in [2.24, 2.45) is 0 Å². The summed E-state index contributed by atoms with van der Waals surface area (Å²) in [5.74, 6) is 0. The number of benzene rings is 3. The van der Waals surface area contributed by atoms with Crippen LogP contribution in [-0.4, -0.2) is 26.7 Å². The maximum atomic E-state index is 5.90. The zero-order valence-corrected chi connectivity index (χ0v) is 21.8. The second kappa shape index (κ2) is 11.7. The number of nitrogens with zero attached hydrogens (tertiary/aromatic N) is 3. The van der Waals surface area contributed by atoms with Gasteiger partial charge in [0.15, 0.2) is 6.54 Å². The third-order valence-electron chi connectivity index (χ3n) is 5.58. The molecule has 2 aromatic heterocycles. The molecule has 35 heavy (non-hydrogen) atoms. The van der Waals surface area contributed by atoms with Crippen molar-refractivity contribution in [1.82, 2.24) is 4.98 Å². The van der Waals surface area contributed by atoms with Gasteiger partial charge in [0.25, 0.3) is 6.20 Å². The summed E-state index contributed by atoms with van der Waals surface area (Å²) in [6.45, 7) is 3.19. The molecule has 0 amide bonds. The second-order valence-corrected chi connectivity index (χ2v) is 7.99. The Morgan fingerprint density at radius 1 is 0.914 bits per heavy atom. The van der Waals surface area contributed by atoms with E-state index in [2.05, 4.69) is 52.8 Å². The van der Waals surface area contributed by atoms with Gasteiger partial charge in [-0.3, -0.25) is 0 Å². The molecule has 0 saturated carbocycles. The van der Waals surface area contributed by atoms with E-state index in [-0.39, 0.29) is 20.1 Å². The summed E-state index contributed by atoms with van der Waals surface area (Å²) in [6.07, 6.45) is 8.19. The summed E-state index contributed by atoms with van der Waals surface area (Å²) in [6, 6.07) is 35.7. The number of aromatic nitrogens is 1. The molecule has 6 rings (SSSR count). The minimum absolute atomic E-state index is 0. The van der Waals surface area contributed by atoms with Crippen LogP contribution in [0, 0.1) is 12.1 Å². The molecule has 1 radical (unpaired) electrons. The number of furan rings is 1. The Bertz CT molecular complexity index is 1480. The van der Waals surface area contributed by atoms with Crippen LogP contribution in [0.4, 0.5) is 5.69 Å². The van der Waals surface area contributed by atoms with Gasteiger partial charge in [0.05, 0.1) is 0 Å². The number of pyridine rings is 1. The number of rotatable bonds is 5. The van der Waals surface area contributed by atoms with Crippen molar-refractivity contribution in [1.29, 1.82) is 0 Å². The summed E-state index contributed by atoms with van der Waals surface area (Å²) in [5, 5.41) is 2.24. The van der Waals surface area contributed by atoms with Crippen LogP contribution in [0.2, 0.25) is 0 Å². The first kappa shape index (κ1) is 24.5. The van der Waals surface area contributed by atoms with Gasteiger partial charge in [-0.1, -0.05) is 70.3 Å². The summed E-state index contributed by atoms with van der Waals surface area (Å²) in [7, 11) is 0. The molecule has 0 atom stereocenters. The van der Waals surface area contributed by atoms with E-state index >= 15 is 0 Å². The van der Waals surface area contributed by atoms with E-state index in [4.69, 9.17) is 4.42 Å². The fraction of sp³-hybridized carbons (Fsp3) is 0.133. The van der Waals surface area contributed by atoms with Crippen molar-refractivity contribution in [2.75, 3.05) is 6.54 Å². The van der Waals surface area contributed by atoms with E-state index in [0.29, 0.717) is 0 Å². The standard InChI is InChI=1S/C19H17N2O.C11H8N.Ir/c1-2-3-10-20-11-12-21(14-20)15-8-9-17-16-6-4-5-7-18(16)22-19(17)13-15;1-2-6-10(7-3-1)11-8-4-5-9-12-11;/h4-9,11-12H,2-3,10H2,1H3;1-6,8-9H;/q+1;-1;. The topological polar surface area (TPSA) is 32.0 Å². The van der Waals surface area contributed by atoms with Crippen molar-refractivity contribution in [2.45, 2.75) is 19.8 Å². The van der Waals surface area contributed by atoms with Crippen molar-refractivity contribution in [3.8, 4) is 11.3 Å². The minimum atomic E-state index is 0. The number of hydrogen-bond acceptors (Lipinski definition) is 2. The summed E-state index contributed by atoms with van der Waals surface area (Å²) in [5.41, 5.74) is 4.65. The van der Waals surface area contributed by atoms with Crippen molar-refractivity contribution in [3.63, 3.8) is 0 Å². The molecule has 1 aliphatic heterocycles. The van der Waals surface area contributed by atoms with Gasteiger partial charge in [-0.25, -0.2) is 0 Å². The summed E-state index contributed by atoms with van der Waals surface area (Å²) < 4.78 is 9.94.